The van der Waals surface area contributed by atoms with Crippen LogP contribution in [-0.2, 0) is 11.2 Å². The van der Waals surface area contributed by atoms with Crippen molar-refractivity contribution in [3.63, 3.8) is 0 Å². The van der Waals surface area contributed by atoms with Crippen LogP contribution in [0.2, 0.25) is 0 Å². The molecule has 1 unspecified atom stereocenters. The van der Waals surface area contributed by atoms with Gasteiger partial charge in [0, 0.05) is 43.2 Å². The molecule has 0 spiro atoms. The maximum Gasteiger partial charge on any atom is 0.0735 e. The number of pyridine rings is 2. The van der Waals surface area contributed by atoms with E-state index < -0.39 is 0 Å². The second kappa shape index (κ2) is 7.58. The minimum absolute atomic E-state index is 0.753. The van der Waals surface area contributed by atoms with Crippen LogP contribution >= 0.6 is 0 Å². The lowest BCUT2D eigenvalue weighted by atomic mass is 9.91. The van der Waals surface area contributed by atoms with Gasteiger partial charge in [-0.25, -0.2) is 0 Å². The van der Waals surface area contributed by atoms with E-state index in [0.29, 0.717) is 0 Å². The number of hydrogen-bond acceptors (Lipinski definition) is 4. The lowest BCUT2D eigenvalue weighted by molar-refractivity contribution is 0.0349. The van der Waals surface area contributed by atoms with Gasteiger partial charge in [0.1, 0.15) is 0 Å². The summed E-state index contributed by atoms with van der Waals surface area (Å²) in [4.78, 5) is 11.5. The van der Waals surface area contributed by atoms with Gasteiger partial charge >= 0.3 is 0 Å². The molecule has 2 aromatic heterocycles. The van der Waals surface area contributed by atoms with Crippen molar-refractivity contribution in [2.24, 2.45) is 5.92 Å². The molecule has 0 saturated carbocycles. The molecule has 0 aromatic carbocycles. The predicted molar refractivity (Wildman–Crippen MR) is 96.0 cm³/mol. The fourth-order valence-electron chi connectivity index (χ4n) is 4.34. The van der Waals surface area contributed by atoms with Gasteiger partial charge in [-0.05, 0) is 75.2 Å². The van der Waals surface area contributed by atoms with E-state index >= 15 is 0 Å². The lowest BCUT2D eigenvalue weighted by Gasteiger charge is -2.33. The highest BCUT2D eigenvalue weighted by atomic mass is 16.5. The molecule has 4 rings (SSSR count). The fourth-order valence-corrected chi connectivity index (χ4v) is 4.34. The summed E-state index contributed by atoms with van der Waals surface area (Å²) >= 11 is 0. The van der Waals surface area contributed by atoms with E-state index in [1.807, 2.05) is 24.7 Å². The molecule has 128 valence electrons. The van der Waals surface area contributed by atoms with Gasteiger partial charge in [-0.1, -0.05) is 0 Å². The lowest BCUT2D eigenvalue weighted by Crippen LogP contribution is -2.40. The van der Waals surface area contributed by atoms with Crippen molar-refractivity contribution in [2.45, 2.75) is 44.6 Å². The first-order valence-corrected chi connectivity index (χ1v) is 9.39. The van der Waals surface area contributed by atoms with Crippen LogP contribution in [0, 0.1) is 5.92 Å². The van der Waals surface area contributed by atoms with Gasteiger partial charge in [0.15, 0.2) is 0 Å². The first-order chi connectivity index (χ1) is 11.9. The van der Waals surface area contributed by atoms with Crippen molar-refractivity contribution in [2.75, 3.05) is 26.3 Å². The Kier molecular flexibility index (Phi) is 5.04. The highest BCUT2D eigenvalue weighted by Crippen LogP contribution is 2.27. The molecule has 2 aliphatic rings. The second-order valence-electron chi connectivity index (χ2n) is 7.24. The van der Waals surface area contributed by atoms with Crippen LogP contribution < -0.4 is 0 Å². The second-order valence-corrected chi connectivity index (χ2v) is 7.24. The minimum atomic E-state index is 0.753. The Labute approximate surface area is 144 Å². The maximum absolute atomic E-state index is 5.52. The molecular weight excluding hydrogens is 298 g/mol. The molecule has 2 fully saturated rings. The molecule has 1 atom stereocenters. The Bertz CT molecular complexity index is 663. The summed E-state index contributed by atoms with van der Waals surface area (Å²) in [6.45, 7) is 4.40. The molecule has 2 aliphatic heterocycles. The molecule has 0 amide bonds. The number of rotatable bonds is 3. The average Bonchev–Trinajstić information content (AvgIpc) is 2.88. The summed E-state index contributed by atoms with van der Waals surface area (Å²) in [5, 5.41) is 1.23. The van der Waals surface area contributed by atoms with Crippen molar-refractivity contribution >= 4 is 10.9 Å². The molecular formula is C20H27N3O. The minimum Gasteiger partial charge on any atom is -0.381 e. The van der Waals surface area contributed by atoms with E-state index in [2.05, 4.69) is 20.9 Å². The number of likely N-dealkylation sites (tertiary alicyclic amines) is 1. The van der Waals surface area contributed by atoms with Gasteiger partial charge in [0.2, 0.25) is 0 Å². The molecule has 2 saturated heterocycles. The smallest absolute Gasteiger partial charge is 0.0735 e. The number of nitrogens with zero attached hydrogens (tertiary/aromatic N) is 3. The summed E-state index contributed by atoms with van der Waals surface area (Å²) in [6.07, 6.45) is 13.3. The summed E-state index contributed by atoms with van der Waals surface area (Å²) in [5.74, 6) is 0.778. The SMILES string of the molecule is c1cc2nccc(CC3CCCN(C4CCOCC4)CC3)c2cn1. The van der Waals surface area contributed by atoms with E-state index in [4.69, 9.17) is 4.74 Å². The van der Waals surface area contributed by atoms with Crippen molar-refractivity contribution < 1.29 is 4.74 Å². The van der Waals surface area contributed by atoms with Crippen LogP contribution in [0.4, 0.5) is 0 Å². The maximum atomic E-state index is 5.52. The molecule has 2 aromatic rings. The van der Waals surface area contributed by atoms with E-state index in [1.54, 1.807) is 0 Å². The van der Waals surface area contributed by atoms with E-state index in [-0.39, 0.29) is 0 Å². The van der Waals surface area contributed by atoms with Crippen molar-refractivity contribution in [3.05, 3.63) is 36.3 Å². The van der Waals surface area contributed by atoms with Gasteiger partial charge in [-0.15, -0.1) is 0 Å². The van der Waals surface area contributed by atoms with Gasteiger partial charge in [0.05, 0.1) is 5.52 Å². The Morgan fingerprint density at radius 2 is 1.96 bits per heavy atom. The highest BCUT2D eigenvalue weighted by molar-refractivity contribution is 5.80. The number of aromatic nitrogens is 2. The molecule has 0 bridgehead atoms. The van der Waals surface area contributed by atoms with E-state index in [1.165, 1.54) is 56.1 Å². The zero-order chi connectivity index (χ0) is 16.2. The topological polar surface area (TPSA) is 38.2 Å². The third-order valence-corrected chi connectivity index (χ3v) is 5.73. The van der Waals surface area contributed by atoms with Crippen molar-refractivity contribution in [1.82, 2.24) is 14.9 Å². The Morgan fingerprint density at radius 1 is 1.04 bits per heavy atom. The van der Waals surface area contributed by atoms with Crippen LogP contribution in [0.15, 0.2) is 30.7 Å². The summed E-state index contributed by atoms with van der Waals surface area (Å²) in [5.41, 5.74) is 2.48. The molecule has 4 nitrogen and oxygen atoms in total. The Morgan fingerprint density at radius 3 is 2.88 bits per heavy atom. The summed E-state index contributed by atoms with van der Waals surface area (Å²) < 4.78 is 5.52. The van der Waals surface area contributed by atoms with Crippen LogP contribution in [0.3, 0.4) is 0 Å². The Balaban J connectivity index is 1.42. The molecule has 24 heavy (non-hydrogen) atoms. The largest absolute Gasteiger partial charge is 0.381 e. The monoisotopic (exact) mass is 325 g/mol. The van der Waals surface area contributed by atoms with Gasteiger partial charge in [0.25, 0.3) is 0 Å². The van der Waals surface area contributed by atoms with Crippen molar-refractivity contribution in [3.8, 4) is 0 Å². The van der Waals surface area contributed by atoms with Crippen LogP contribution in [0.5, 0.6) is 0 Å². The molecule has 0 N–H and O–H groups in total. The number of fused-ring (bicyclic) bond motifs is 1. The molecule has 4 heterocycles. The zero-order valence-corrected chi connectivity index (χ0v) is 14.4. The number of hydrogen-bond donors (Lipinski definition) is 0. The van der Waals surface area contributed by atoms with Gasteiger partial charge in [-0.3, -0.25) is 9.97 Å². The number of ether oxygens (including phenoxy) is 1. The van der Waals surface area contributed by atoms with Crippen LogP contribution in [-0.4, -0.2) is 47.2 Å². The first kappa shape index (κ1) is 16.0. The van der Waals surface area contributed by atoms with Gasteiger partial charge in [-0.2, -0.15) is 0 Å². The summed E-state index contributed by atoms with van der Waals surface area (Å²) in [7, 11) is 0. The third-order valence-electron chi connectivity index (χ3n) is 5.73. The predicted octanol–water partition coefficient (Wildman–Crippen LogP) is 3.45. The van der Waals surface area contributed by atoms with E-state index in [0.717, 1.165) is 37.1 Å². The molecule has 0 aliphatic carbocycles. The normalized spacial score (nSPS) is 24.1. The average molecular weight is 325 g/mol. The Hall–Kier alpha value is -1.52. The van der Waals surface area contributed by atoms with Gasteiger partial charge < -0.3 is 9.64 Å². The third kappa shape index (κ3) is 3.60. The van der Waals surface area contributed by atoms with Crippen LogP contribution in [0.1, 0.15) is 37.7 Å². The van der Waals surface area contributed by atoms with Crippen LogP contribution in [0.25, 0.3) is 10.9 Å². The van der Waals surface area contributed by atoms with Crippen molar-refractivity contribution in [1.29, 1.82) is 0 Å². The molecule has 0 radical (unpaired) electrons. The quantitative estimate of drug-likeness (QED) is 0.866. The summed E-state index contributed by atoms with van der Waals surface area (Å²) in [6, 6.07) is 4.95. The highest BCUT2D eigenvalue weighted by Gasteiger charge is 2.25. The fraction of sp³-hybridized carbons (Fsp3) is 0.600. The molecule has 4 heteroatoms. The first-order valence-electron chi connectivity index (χ1n) is 9.39. The standard InChI is InChI=1S/C20H27N3O/c1-2-16(5-11-23(10-1)18-6-12-24-13-7-18)14-17-3-9-22-20-4-8-21-15-19(17)20/h3-4,8-9,15-16,18H,1-2,5-7,10-14H2. The van der Waals surface area contributed by atoms with E-state index in [9.17, 15) is 0 Å². The zero-order valence-electron chi connectivity index (χ0n) is 14.4.